The zero-order valence-corrected chi connectivity index (χ0v) is 12.4. The molecular formula is C17H12F2N4O. The van der Waals surface area contributed by atoms with E-state index in [1.807, 2.05) is 24.3 Å². The molecule has 7 heteroatoms. The fraction of sp³-hybridized carbons (Fsp3) is 0.118. The Bertz CT molecular complexity index is 1090. The summed E-state index contributed by atoms with van der Waals surface area (Å²) < 4.78 is 27.1. The predicted molar refractivity (Wildman–Crippen MR) is 87.1 cm³/mol. The van der Waals surface area contributed by atoms with Gasteiger partial charge in [-0.3, -0.25) is 14.9 Å². The monoisotopic (exact) mass is 326 g/mol. The standard InChI is InChI=1S/C17H12F2N4O/c18-15(19)9-23-14-7-11(10-3-5-20-6-4-10)1-2-12(14)16-13(17(23)24)8-21-22-16/h1-8,15H,9H2,(H,21,22). The Morgan fingerprint density at radius 1 is 1.08 bits per heavy atom. The van der Waals surface area contributed by atoms with Crippen molar-refractivity contribution >= 4 is 21.8 Å². The SMILES string of the molecule is O=c1c2cn[nH]c2c2ccc(-c3ccncc3)cc2n1CC(F)F. The highest BCUT2D eigenvalue weighted by Gasteiger charge is 2.16. The zero-order chi connectivity index (χ0) is 16.7. The zero-order valence-electron chi connectivity index (χ0n) is 12.4. The number of fused-ring (bicyclic) bond motifs is 3. The molecule has 0 spiro atoms. The summed E-state index contributed by atoms with van der Waals surface area (Å²) in [7, 11) is 0. The van der Waals surface area contributed by atoms with Gasteiger partial charge in [-0.2, -0.15) is 5.10 Å². The third-order valence-corrected chi connectivity index (χ3v) is 4.01. The number of hydrogen-bond donors (Lipinski definition) is 1. The van der Waals surface area contributed by atoms with Gasteiger partial charge in [0, 0.05) is 17.8 Å². The molecule has 0 atom stereocenters. The van der Waals surface area contributed by atoms with Crippen LogP contribution in [0.2, 0.25) is 0 Å². The van der Waals surface area contributed by atoms with E-state index in [4.69, 9.17) is 0 Å². The normalized spacial score (nSPS) is 11.6. The largest absolute Gasteiger partial charge is 0.302 e. The average molecular weight is 326 g/mol. The molecule has 0 aliphatic rings. The van der Waals surface area contributed by atoms with Gasteiger partial charge < -0.3 is 4.57 Å². The van der Waals surface area contributed by atoms with Gasteiger partial charge in [0.05, 0.1) is 29.2 Å². The van der Waals surface area contributed by atoms with Gasteiger partial charge in [-0.05, 0) is 29.3 Å². The summed E-state index contributed by atoms with van der Waals surface area (Å²) in [6, 6.07) is 9.09. The van der Waals surface area contributed by atoms with Gasteiger partial charge in [0.25, 0.3) is 12.0 Å². The average Bonchev–Trinajstić information content (AvgIpc) is 3.09. The number of nitrogens with one attached hydrogen (secondary N) is 1. The van der Waals surface area contributed by atoms with Crippen molar-refractivity contribution in [3.05, 3.63) is 59.3 Å². The first-order chi connectivity index (χ1) is 11.6. The van der Waals surface area contributed by atoms with E-state index in [2.05, 4.69) is 15.2 Å². The topological polar surface area (TPSA) is 63.6 Å². The van der Waals surface area contributed by atoms with Crippen LogP contribution in [0.15, 0.2) is 53.7 Å². The Morgan fingerprint density at radius 2 is 1.88 bits per heavy atom. The molecular weight excluding hydrogens is 314 g/mol. The maximum atomic E-state index is 13.0. The van der Waals surface area contributed by atoms with E-state index in [0.717, 1.165) is 15.7 Å². The summed E-state index contributed by atoms with van der Waals surface area (Å²) in [6.07, 6.45) is 2.06. The Balaban J connectivity index is 2.07. The molecule has 4 rings (SSSR count). The van der Waals surface area contributed by atoms with Crippen LogP contribution in [-0.2, 0) is 6.54 Å². The van der Waals surface area contributed by atoms with Crippen LogP contribution >= 0.6 is 0 Å². The number of hydrogen-bond acceptors (Lipinski definition) is 3. The highest BCUT2D eigenvalue weighted by atomic mass is 19.3. The van der Waals surface area contributed by atoms with Gasteiger partial charge in [-0.25, -0.2) is 8.78 Å². The van der Waals surface area contributed by atoms with Crippen LogP contribution in [0.3, 0.4) is 0 Å². The quantitative estimate of drug-likeness (QED) is 0.629. The second kappa shape index (κ2) is 5.52. The van der Waals surface area contributed by atoms with Crippen molar-refractivity contribution in [2.24, 2.45) is 0 Å². The molecule has 120 valence electrons. The fourth-order valence-electron chi connectivity index (χ4n) is 2.92. The van der Waals surface area contributed by atoms with E-state index in [1.165, 1.54) is 6.20 Å². The smallest absolute Gasteiger partial charge is 0.262 e. The van der Waals surface area contributed by atoms with Gasteiger partial charge in [-0.1, -0.05) is 12.1 Å². The number of halogens is 2. The maximum absolute atomic E-state index is 13.0. The molecule has 0 radical (unpaired) electrons. The first kappa shape index (κ1) is 14.5. The van der Waals surface area contributed by atoms with Crippen LogP contribution in [0.5, 0.6) is 0 Å². The number of aromatic nitrogens is 4. The second-order valence-corrected chi connectivity index (χ2v) is 5.43. The molecule has 0 unspecified atom stereocenters. The van der Waals surface area contributed by atoms with Crippen molar-refractivity contribution in [1.82, 2.24) is 19.7 Å². The number of nitrogens with zero attached hydrogens (tertiary/aromatic N) is 3. The number of benzene rings is 1. The van der Waals surface area contributed by atoms with E-state index >= 15 is 0 Å². The number of aromatic amines is 1. The lowest BCUT2D eigenvalue weighted by Gasteiger charge is -2.12. The highest BCUT2D eigenvalue weighted by molar-refractivity contribution is 6.04. The Kier molecular flexibility index (Phi) is 3.34. The van der Waals surface area contributed by atoms with Crippen LogP contribution in [0, 0.1) is 0 Å². The van der Waals surface area contributed by atoms with Crippen LogP contribution in [0.1, 0.15) is 0 Å². The Hall–Kier alpha value is -3.09. The lowest BCUT2D eigenvalue weighted by atomic mass is 10.0. The van der Waals surface area contributed by atoms with Crippen molar-refractivity contribution in [3.63, 3.8) is 0 Å². The molecule has 0 saturated carbocycles. The summed E-state index contributed by atoms with van der Waals surface area (Å²) in [5.41, 5.74) is 2.26. The van der Waals surface area contributed by atoms with Gasteiger partial charge >= 0.3 is 0 Å². The lowest BCUT2D eigenvalue weighted by Crippen LogP contribution is -2.23. The molecule has 5 nitrogen and oxygen atoms in total. The Morgan fingerprint density at radius 3 is 2.62 bits per heavy atom. The molecule has 24 heavy (non-hydrogen) atoms. The van der Waals surface area contributed by atoms with Crippen molar-refractivity contribution in [2.75, 3.05) is 0 Å². The third-order valence-electron chi connectivity index (χ3n) is 4.01. The molecule has 0 saturated heterocycles. The van der Waals surface area contributed by atoms with Crippen LogP contribution < -0.4 is 5.56 Å². The molecule has 4 aromatic rings. The number of pyridine rings is 2. The molecule has 0 aliphatic carbocycles. The van der Waals surface area contributed by atoms with Crippen molar-refractivity contribution < 1.29 is 8.78 Å². The van der Waals surface area contributed by atoms with Gasteiger partial charge in [0.1, 0.15) is 0 Å². The second-order valence-electron chi connectivity index (χ2n) is 5.43. The number of rotatable bonds is 3. The minimum absolute atomic E-state index is 0.305. The van der Waals surface area contributed by atoms with Crippen molar-refractivity contribution in [3.8, 4) is 11.1 Å². The fourth-order valence-corrected chi connectivity index (χ4v) is 2.92. The van der Waals surface area contributed by atoms with Gasteiger partial charge in [0.15, 0.2) is 0 Å². The summed E-state index contributed by atoms with van der Waals surface area (Å²) in [5.74, 6) is 0. The molecule has 0 bridgehead atoms. The lowest BCUT2D eigenvalue weighted by molar-refractivity contribution is 0.127. The highest BCUT2D eigenvalue weighted by Crippen LogP contribution is 2.27. The van der Waals surface area contributed by atoms with Gasteiger partial charge in [0.2, 0.25) is 0 Å². The van der Waals surface area contributed by atoms with Crippen LogP contribution in [-0.4, -0.2) is 26.2 Å². The minimum atomic E-state index is -2.63. The van der Waals surface area contributed by atoms with E-state index in [0.29, 0.717) is 21.8 Å². The summed E-state index contributed by atoms with van der Waals surface area (Å²) >= 11 is 0. The summed E-state index contributed by atoms with van der Waals surface area (Å²) in [5, 5.41) is 7.65. The molecule has 0 amide bonds. The third kappa shape index (κ3) is 2.25. The van der Waals surface area contributed by atoms with Crippen LogP contribution in [0.4, 0.5) is 8.78 Å². The first-order valence-electron chi connectivity index (χ1n) is 7.33. The molecule has 0 fully saturated rings. The summed E-state index contributed by atoms with van der Waals surface area (Å²) in [4.78, 5) is 16.5. The first-order valence-corrected chi connectivity index (χ1v) is 7.33. The molecule has 1 aromatic carbocycles. The van der Waals surface area contributed by atoms with E-state index in [-0.39, 0.29) is 0 Å². The Labute approximate surface area is 134 Å². The minimum Gasteiger partial charge on any atom is -0.302 e. The summed E-state index contributed by atoms with van der Waals surface area (Å²) in [6.45, 7) is -0.656. The van der Waals surface area contributed by atoms with Crippen molar-refractivity contribution in [2.45, 2.75) is 13.0 Å². The van der Waals surface area contributed by atoms with E-state index in [9.17, 15) is 13.6 Å². The molecule has 1 N–H and O–H groups in total. The maximum Gasteiger partial charge on any atom is 0.262 e. The predicted octanol–water partition coefficient (Wildman–Crippen LogP) is 3.20. The van der Waals surface area contributed by atoms with Crippen molar-refractivity contribution in [1.29, 1.82) is 0 Å². The number of H-pyrrole nitrogens is 1. The number of alkyl halides is 2. The van der Waals surface area contributed by atoms with Gasteiger partial charge in [-0.15, -0.1) is 0 Å². The van der Waals surface area contributed by atoms with E-state index in [1.54, 1.807) is 18.5 Å². The molecule has 3 aromatic heterocycles. The molecule has 3 heterocycles. The van der Waals surface area contributed by atoms with Crippen LogP contribution in [0.25, 0.3) is 32.9 Å². The van der Waals surface area contributed by atoms with E-state index < -0.39 is 18.5 Å². The molecule has 0 aliphatic heterocycles.